The zero-order valence-corrected chi connectivity index (χ0v) is 8.81. The summed E-state index contributed by atoms with van der Waals surface area (Å²) in [6, 6.07) is 0. The lowest BCUT2D eigenvalue weighted by atomic mass is 9.86. The summed E-state index contributed by atoms with van der Waals surface area (Å²) in [7, 11) is 0. The molecule has 0 rings (SSSR count). The molecule has 0 aliphatic heterocycles. The molecule has 0 saturated carbocycles. The van der Waals surface area contributed by atoms with Crippen LogP contribution in [-0.4, -0.2) is 6.21 Å². The van der Waals surface area contributed by atoms with Crippen LogP contribution in [0.4, 0.5) is 0 Å². The van der Waals surface area contributed by atoms with Crippen LogP contribution in [0.5, 0.6) is 0 Å². The molecular formula is C11H19N. The summed E-state index contributed by atoms with van der Waals surface area (Å²) in [5.74, 6) is 0. The van der Waals surface area contributed by atoms with Crippen LogP contribution in [-0.2, 0) is 0 Å². The molecule has 0 aromatic carbocycles. The van der Waals surface area contributed by atoms with Crippen LogP contribution in [0.2, 0.25) is 0 Å². The molecule has 0 spiro atoms. The summed E-state index contributed by atoms with van der Waals surface area (Å²) in [4.78, 5) is 4.25. The number of hydrogen-bond donors (Lipinski definition) is 0. The Labute approximate surface area is 75.9 Å². The first-order valence-electron chi connectivity index (χ1n) is 4.22. The Hall–Kier alpha value is -0.850. The van der Waals surface area contributed by atoms with E-state index in [0.717, 1.165) is 5.70 Å². The maximum Gasteiger partial charge on any atom is 0.0367 e. The van der Waals surface area contributed by atoms with Gasteiger partial charge in [0.15, 0.2) is 0 Å². The van der Waals surface area contributed by atoms with E-state index in [4.69, 9.17) is 0 Å². The molecule has 0 bridgehead atoms. The first-order chi connectivity index (χ1) is 5.39. The van der Waals surface area contributed by atoms with Gasteiger partial charge in [-0.3, -0.25) is 4.99 Å². The van der Waals surface area contributed by atoms with Gasteiger partial charge in [-0.25, -0.2) is 0 Å². The molecule has 1 nitrogen and oxygen atoms in total. The molecule has 0 saturated heterocycles. The van der Waals surface area contributed by atoms with Crippen molar-refractivity contribution in [2.45, 2.75) is 34.6 Å². The van der Waals surface area contributed by atoms with Gasteiger partial charge in [-0.15, -0.1) is 0 Å². The Kier molecular flexibility index (Phi) is 3.94. The quantitative estimate of drug-likeness (QED) is 0.554. The Bertz CT molecular complexity index is 214. The average Bonchev–Trinajstić information content (AvgIpc) is 1.97. The van der Waals surface area contributed by atoms with E-state index >= 15 is 0 Å². The number of rotatable bonds is 2. The predicted molar refractivity (Wildman–Crippen MR) is 56.5 cm³/mol. The highest BCUT2D eigenvalue weighted by atomic mass is 14.7. The van der Waals surface area contributed by atoms with Crippen molar-refractivity contribution in [3.63, 3.8) is 0 Å². The zero-order valence-electron chi connectivity index (χ0n) is 8.81. The number of allylic oxidation sites excluding steroid dienone is 3. The van der Waals surface area contributed by atoms with Gasteiger partial charge in [-0.2, -0.15) is 0 Å². The van der Waals surface area contributed by atoms with Gasteiger partial charge in [0.05, 0.1) is 0 Å². The van der Waals surface area contributed by atoms with Crippen LogP contribution >= 0.6 is 0 Å². The first-order valence-corrected chi connectivity index (χ1v) is 4.22. The highest BCUT2D eigenvalue weighted by Crippen LogP contribution is 2.27. The fourth-order valence-electron chi connectivity index (χ4n) is 0.804. The van der Waals surface area contributed by atoms with Gasteiger partial charge in [0, 0.05) is 11.9 Å². The molecule has 0 aliphatic carbocycles. The first kappa shape index (κ1) is 11.2. The largest absolute Gasteiger partial charge is 0.262 e. The molecule has 0 atom stereocenters. The molecular weight excluding hydrogens is 146 g/mol. The zero-order chi connectivity index (χ0) is 9.78. The maximum atomic E-state index is 4.25. The highest BCUT2D eigenvalue weighted by Gasteiger charge is 2.14. The fourth-order valence-corrected chi connectivity index (χ4v) is 0.804. The normalized spacial score (nSPS) is 14.8. The van der Waals surface area contributed by atoms with E-state index in [9.17, 15) is 0 Å². The second-order valence-electron chi connectivity index (χ2n) is 3.97. The van der Waals surface area contributed by atoms with Crippen LogP contribution in [0.1, 0.15) is 34.6 Å². The van der Waals surface area contributed by atoms with E-state index in [-0.39, 0.29) is 5.41 Å². The van der Waals surface area contributed by atoms with Crippen LogP contribution in [0.3, 0.4) is 0 Å². The molecule has 12 heavy (non-hydrogen) atoms. The van der Waals surface area contributed by atoms with Gasteiger partial charge in [-0.05, 0) is 24.8 Å². The van der Waals surface area contributed by atoms with E-state index < -0.39 is 0 Å². The summed E-state index contributed by atoms with van der Waals surface area (Å²) in [6.45, 7) is 14.3. The van der Waals surface area contributed by atoms with Crippen LogP contribution in [0.15, 0.2) is 28.9 Å². The third-order valence-corrected chi connectivity index (χ3v) is 2.04. The monoisotopic (exact) mass is 165 g/mol. The van der Waals surface area contributed by atoms with Gasteiger partial charge >= 0.3 is 0 Å². The van der Waals surface area contributed by atoms with Crippen LogP contribution in [0, 0.1) is 5.41 Å². The molecule has 0 aliphatic rings. The molecule has 0 radical (unpaired) electrons. The third-order valence-electron chi connectivity index (χ3n) is 2.04. The Morgan fingerprint density at radius 1 is 1.25 bits per heavy atom. The minimum absolute atomic E-state index is 0.211. The lowest BCUT2D eigenvalue weighted by Gasteiger charge is -2.20. The van der Waals surface area contributed by atoms with E-state index in [2.05, 4.69) is 39.3 Å². The molecule has 0 heterocycles. The van der Waals surface area contributed by atoms with Gasteiger partial charge in [0.25, 0.3) is 0 Å². The minimum Gasteiger partial charge on any atom is -0.262 e. The van der Waals surface area contributed by atoms with Crippen molar-refractivity contribution in [1.82, 2.24) is 0 Å². The lowest BCUT2D eigenvalue weighted by Crippen LogP contribution is -2.07. The Morgan fingerprint density at radius 3 is 2.08 bits per heavy atom. The van der Waals surface area contributed by atoms with Crippen molar-refractivity contribution in [2.24, 2.45) is 10.4 Å². The van der Waals surface area contributed by atoms with Crippen LogP contribution in [0.25, 0.3) is 0 Å². The lowest BCUT2D eigenvalue weighted by molar-refractivity contribution is 0.498. The molecule has 0 N–H and O–H groups in total. The third kappa shape index (κ3) is 3.51. The van der Waals surface area contributed by atoms with Crippen LogP contribution < -0.4 is 0 Å². The summed E-state index contributed by atoms with van der Waals surface area (Å²) in [5.41, 5.74) is 2.62. The second kappa shape index (κ2) is 4.24. The highest BCUT2D eigenvalue weighted by molar-refractivity contribution is 5.71. The van der Waals surface area contributed by atoms with Crippen molar-refractivity contribution in [2.75, 3.05) is 0 Å². The molecule has 0 aromatic rings. The molecule has 0 fully saturated rings. The molecule has 1 heteroatoms. The molecule has 0 aromatic heterocycles. The summed E-state index contributed by atoms with van der Waals surface area (Å²) < 4.78 is 0. The van der Waals surface area contributed by atoms with Crippen molar-refractivity contribution < 1.29 is 0 Å². The van der Waals surface area contributed by atoms with E-state index in [1.807, 2.05) is 6.92 Å². The van der Waals surface area contributed by atoms with E-state index in [1.54, 1.807) is 12.3 Å². The fraction of sp³-hybridized carbons (Fsp3) is 0.545. The molecule has 68 valence electrons. The van der Waals surface area contributed by atoms with E-state index in [0.29, 0.717) is 0 Å². The molecule has 0 amide bonds. The predicted octanol–water partition coefficient (Wildman–Crippen LogP) is 3.58. The Balaban J connectivity index is 4.69. The molecule has 0 unspecified atom stereocenters. The van der Waals surface area contributed by atoms with Gasteiger partial charge in [0.1, 0.15) is 0 Å². The van der Waals surface area contributed by atoms with Crippen molar-refractivity contribution in [1.29, 1.82) is 0 Å². The van der Waals surface area contributed by atoms with Gasteiger partial charge in [0.2, 0.25) is 0 Å². The smallest absolute Gasteiger partial charge is 0.0367 e. The summed E-state index contributed by atoms with van der Waals surface area (Å²) in [5, 5.41) is 0. The summed E-state index contributed by atoms with van der Waals surface area (Å²) in [6.07, 6.45) is 3.42. The van der Waals surface area contributed by atoms with Crippen molar-refractivity contribution >= 4 is 6.21 Å². The van der Waals surface area contributed by atoms with Gasteiger partial charge in [-0.1, -0.05) is 33.4 Å². The van der Waals surface area contributed by atoms with Crippen molar-refractivity contribution in [3.8, 4) is 0 Å². The standard InChI is InChI=1S/C11H19N/c1-7-8-12-10(3)9(2)11(4,5)6/h7-8H,1H2,2-6H3/b10-9+,12-8-. The number of nitrogens with zero attached hydrogens (tertiary/aromatic N) is 1. The van der Waals surface area contributed by atoms with E-state index in [1.165, 1.54) is 5.57 Å². The second-order valence-corrected chi connectivity index (χ2v) is 3.97. The van der Waals surface area contributed by atoms with Crippen molar-refractivity contribution in [3.05, 3.63) is 23.9 Å². The number of aliphatic imine (C=N–C) groups is 1. The number of hydrogen-bond acceptors (Lipinski definition) is 1. The summed E-state index contributed by atoms with van der Waals surface area (Å²) >= 11 is 0. The minimum atomic E-state index is 0.211. The maximum absolute atomic E-state index is 4.25. The van der Waals surface area contributed by atoms with Gasteiger partial charge < -0.3 is 0 Å². The topological polar surface area (TPSA) is 12.4 Å². The Morgan fingerprint density at radius 2 is 1.75 bits per heavy atom. The SMILES string of the molecule is C=C/C=N\C(C)=C(/C)C(C)(C)C. The average molecular weight is 165 g/mol.